The zero-order valence-electron chi connectivity index (χ0n) is 18.9. The van der Waals surface area contributed by atoms with Gasteiger partial charge in [-0.05, 0) is 37.6 Å². The second-order valence-electron chi connectivity index (χ2n) is 9.13. The molecule has 5 heterocycles. The summed E-state index contributed by atoms with van der Waals surface area (Å²) >= 11 is 0. The van der Waals surface area contributed by atoms with Crippen LogP contribution in [0, 0.1) is 11.3 Å². The number of hydrogen-bond donors (Lipinski definition) is 1. The van der Waals surface area contributed by atoms with Crippen molar-refractivity contribution in [2.45, 2.75) is 18.4 Å². The van der Waals surface area contributed by atoms with E-state index in [1.165, 1.54) is 0 Å². The lowest BCUT2D eigenvalue weighted by Gasteiger charge is -2.43. The van der Waals surface area contributed by atoms with Gasteiger partial charge in [-0.2, -0.15) is 15.5 Å². The van der Waals surface area contributed by atoms with Crippen molar-refractivity contribution in [3.05, 3.63) is 67.2 Å². The Morgan fingerprint density at radius 1 is 1.09 bits per heavy atom. The van der Waals surface area contributed by atoms with Gasteiger partial charge in [-0.1, -0.05) is 0 Å². The van der Waals surface area contributed by atoms with Gasteiger partial charge in [-0.3, -0.25) is 4.68 Å². The highest BCUT2D eigenvalue weighted by atomic mass is 16.3. The highest BCUT2D eigenvalue weighted by molar-refractivity contribution is 5.87. The predicted molar refractivity (Wildman–Crippen MR) is 128 cm³/mol. The first-order valence-electron chi connectivity index (χ1n) is 11.2. The van der Waals surface area contributed by atoms with Crippen LogP contribution in [0.3, 0.4) is 0 Å². The van der Waals surface area contributed by atoms with Gasteiger partial charge in [0.1, 0.15) is 11.9 Å². The quantitative estimate of drug-likeness (QED) is 0.474. The monoisotopic (exact) mass is 452 g/mol. The number of aliphatic hydroxyl groups excluding tert-OH is 1. The average Bonchev–Trinajstić information content (AvgIpc) is 3.26. The molecule has 0 radical (unpaired) electrons. The average molecular weight is 453 g/mol. The van der Waals surface area contributed by atoms with Crippen LogP contribution in [-0.4, -0.2) is 59.6 Å². The number of anilines is 1. The van der Waals surface area contributed by atoms with Crippen LogP contribution >= 0.6 is 0 Å². The number of rotatable bonds is 4. The van der Waals surface area contributed by atoms with Gasteiger partial charge < -0.3 is 14.9 Å². The molecule has 1 aliphatic carbocycles. The molecule has 1 spiro atoms. The molecule has 0 aromatic carbocycles. The molecule has 9 nitrogen and oxygen atoms in total. The molecule has 9 heteroatoms. The Kier molecular flexibility index (Phi) is 4.39. The molecular formula is C25H24N8O. The number of fused-ring (bicyclic) bond motifs is 1. The number of pyridine rings is 2. The molecule has 1 aliphatic heterocycles. The van der Waals surface area contributed by atoms with E-state index in [4.69, 9.17) is 4.98 Å². The van der Waals surface area contributed by atoms with Gasteiger partial charge in [0.15, 0.2) is 5.88 Å². The summed E-state index contributed by atoms with van der Waals surface area (Å²) in [6, 6.07) is 8.40. The van der Waals surface area contributed by atoms with E-state index in [2.05, 4.69) is 39.9 Å². The Balaban J connectivity index is 1.37. The van der Waals surface area contributed by atoms with Crippen molar-refractivity contribution >= 4 is 11.3 Å². The van der Waals surface area contributed by atoms with E-state index in [0.29, 0.717) is 5.56 Å². The van der Waals surface area contributed by atoms with E-state index in [-0.39, 0.29) is 11.4 Å². The number of nitrogens with zero attached hydrogens (tertiary/aromatic N) is 8. The van der Waals surface area contributed by atoms with E-state index in [1.54, 1.807) is 15.4 Å². The summed E-state index contributed by atoms with van der Waals surface area (Å²) in [6.07, 6.45) is 11.3. The Hall–Kier alpha value is -4.32. The van der Waals surface area contributed by atoms with Crippen molar-refractivity contribution in [2.75, 3.05) is 24.5 Å². The number of aryl methyl sites for hydroxylation is 1. The van der Waals surface area contributed by atoms with E-state index in [0.717, 1.165) is 66.1 Å². The lowest BCUT2D eigenvalue weighted by Crippen LogP contribution is -2.54. The Morgan fingerprint density at radius 3 is 2.59 bits per heavy atom. The summed E-state index contributed by atoms with van der Waals surface area (Å²) in [7, 11) is 1.88. The number of hydrogen-bond acceptors (Lipinski definition) is 7. The second-order valence-corrected chi connectivity index (χ2v) is 9.13. The molecule has 170 valence electrons. The Bertz CT molecular complexity index is 1450. The van der Waals surface area contributed by atoms with Crippen LogP contribution in [-0.2, 0) is 7.05 Å². The molecule has 0 atom stereocenters. The molecule has 34 heavy (non-hydrogen) atoms. The van der Waals surface area contributed by atoms with Crippen LogP contribution in [0.1, 0.15) is 18.4 Å². The maximum Gasteiger partial charge on any atom is 0.179 e. The first-order valence-corrected chi connectivity index (χ1v) is 11.2. The minimum atomic E-state index is -0.0199. The summed E-state index contributed by atoms with van der Waals surface area (Å²) < 4.78 is 3.51. The summed E-state index contributed by atoms with van der Waals surface area (Å²) in [5, 5.41) is 28.3. The first kappa shape index (κ1) is 20.3. The first-order chi connectivity index (χ1) is 16.5. The minimum Gasteiger partial charge on any atom is -0.495 e. The molecule has 2 fully saturated rings. The van der Waals surface area contributed by atoms with Crippen molar-refractivity contribution in [1.82, 2.24) is 29.3 Å². The molecular weight excluding hydrogens is 428 g/mol. The molecule has 0 amide bonds. The highest BCUT2D eigenvalue weighted by Gasteiger charge is 2.52. The zero-order chi connectivity index (χ0) is 23.4. The number of nitriles is 1. The number of piperazine rings is 1. The molecule has 1 saturated carbocycles. The van der Waals surface area contributed by atoms with Gasteiger partial charge in [-0.15, -0.1) is 0 Å². The van der Waals surface area contributed by atoms with Crippen molar-refractivity contribution in [3.8, 4) is 28.3 Å². The lowest BCUT2D eigenvalue weighted by molar-refractivity contribution is 0.125. The van der Waals surface area contributed by atoms with Crippen LogP contribution in [0.4, 0.5) is 5.82 Å². The smallest absolute Gasteiger partial charge is 0.179 e. The summed E-state index contributed by atoms with van der Waals surface area (Å²) in [5.74, 6) is 1.07. The molecule has 0 bridgehead atoms. The molecule has 1 saturated heterocycles. The molecule has 1 N–H and O–H groups in total. The molecule has 4 aromatic rings. The maximum absolute atomic E-state index is 9.95. The van der Waals surface area contributed by atoms with Gasteiger partial charge in [0, 0.05) is 67.5 Å². The fraction of sp³-hybridized carbons (Fsp3) is 0.280. The van der Waals surface area contributed by atoms with E-state index < -0.39 is 0 Å². The van der Waals surface area contributed by atoms with Crippen LogP contribution in [0.25, 0.3) is 27.8 Å². The summed E-state index contributed by atoms with van der Waals surface area (Å²) in [4.78, 5) is 9.09. The summed E-state index contributed by atoms with van der Waals surface area (Å²) in [6.45, 7) is 6.06. The lowest BCUT2D eigenvalue weighted by atomic mass is 10.0. The minimum absolute atomic E-state index is 0.0199. The van der Waals surface area contributed by atoms with Crippen LogP contribution in [0.5, 0.6) is 0 Å². The second kappa shape index (κ2) is 7.35. The standard InChI is InChI=1S/C25H24N8O/c1-17(34)32-8-7-31(16-25(32)5-6-25)23-4-3-18(11-27-23)22-9-19(21-13-28-30(2)14-21)15-33-24(22)20(10-26)12-29-33/h3-4,9,11-15,34H,1,5-8,16H2,2H3. The Labute approximate surface area is 196 Å². The normalized spacial score (nSPS) is 16.7. The SMILES string of the molecule is C=C(O)N1CCN(c2ccc(-c3cc(-c4cnn(C)c4)cn4ncc(C#N)c34)cn2)CC12CC2. The van der Waals surface area contributed by atoms with Crippen LogP contribution in [0.2, 0.25) is 0 Å². The van der Waals surface area contributed by atoms with Crippen LogP contribution < -0.4 is 4.90 Å². The molecule has 4 aromatic heterocycles. The highest BCUT2D eigenvalue weighted by Crippen LogP contribution is 2.46. The molecule has 0 unspecified atom stereocenters. The van der Waals surface area contributed by atoms with Crippen molar-refractivity contribution in [1.29, 1.82) is 5.26 Å². The van der Waals surface area contributed by atoms with E-state index >= 15 is 0 Å². The van der Waals surface area contributed by atoms with Crippen LogP contribution in [0.15, 0.2) is 61.6 Å². The number of aromatic nitrogens is 5. The van der Waals surface area contributed by atoms with Gasteiger partial charge in [0.05, 0.1) is 29.0 Å². The maximum atomic E-state index is 9.95. The third kappa shape index (κ3) is 3.18. The third-order valence-electron chi connectivity index (χ3n) is 6.94. The fourth-order valence-electron chi connectivity index (χ4n) is 5.03. The van der Waals surface area contributed by atoms with Crippen molar-refractivity contribution in [3.63, 3.8) is 0 Å². The topological polar surface area (TPSA) is 98.5 Å². The van der Waals surface area contributed by atoms with Gasteiger partial charge >= 0.3 is 0 Å². The molecule has 2 aliphatic rings. The fourth-order valence-corrected chi connectivity index (χ4v) is 5.03. The largest absolute Gasteiger partial charge is 0.495 e. The van der Waals surface area contributed by atoms with Gasteiger partial charge in [-0.25, -0.2) is 9.50 Å². The van der Waals surface area contributed by atoms with Gasteiger partial charge in [0.2, 0.25) is 0 Å². The van der Waals surface area contributed by atoms with E-state index in [1.807, 2.05) is 42.8 Å². The Morgan fingerprint density at radius 2 is 1.94 bits per heavy atom. The van der Waals surface area contributed by atoms with Crippen molar-refractivity contribution in [2.24, 2.45) is 7.05 Å². The third-order valence-corrected chi connectivity index (χ3v) is 6.94. The zero-order valence-corrected chi connectivity index (χ0v) is 18.9. The van der Waals surface area contributed by atoms with Crippen molar-refractivity contribution < 1.29 is 5.11 Å². The number of aliphatic hydroxyl groups is 1. The summed E-state index contributed by atoms with van der Waals surface area (Å²) in [5.41, 5.74) is 5.01. The molecule has 6 rings (SSSR count). The predicted octanol–water partition coefficient (Wildman–Crippen LogP) is 3.35. The van der Waals surface area contributed by atoms with Gasteiger partial charge in [0.25, 0.3) is 0 Å². The van der Waals surface area contributed by atoms with E-state index in [9.17, 15) is 10.4 Å².